The number of rotatable bonds is 3. The fourth-order valence-corrected chi connectivity index (χ4v) is 2.42. The number of nitrogens with one attached hydrogen (secondary N) is 1. The van der Waals surface area contributed by atoms with Gasteiger partial charge in [0.15, 0.2) is 5.43 Å². The van der Waals surface area contributed by atoms with Crippen molar-refractivity contribution in [2.75, 3.05) is 18.0 Å². The van der Waals surface area contributed by atoms with Gasteiger partial charge in [-0.05, 0) is 32.0 Å². The number of hydrogen-bond acceptors (Lipinski definition) is 2. The Kier molecular flexibility index (Phi) is 3.89. The Balaban J connectivity index is 2.61. The van der Waals surface area contributed by atoms with Gasteiger partial charge in [0.1, 0.15) is 0 Å². The molecule has 2 aromatic rings. The van der Waals surface area contributed by atoms with Crippen LogP contribution in [0.2, 0.25) is 0 Å². The van der Waals surface area contributed by atoms with Gasteiger partial charge in [0.25, 0.3) is 0 Å². The Morgan fingerprint density at radius 1 is 1.10 bits per heavy atom. The van der Waals surface area contributed by atoms with E-state index in [9.17, 15) is 4.79 Å². The molecule has 0 saturated heterocycles. The first-order valence-corrected chi connectivity index (χ1v) is 7.29. The second-order valence-electron chi connectivity index (χ2n) is 6.20. The first-order valence-electron chi connectivity index (χ1n) is 7.29. The van der Waals surface area contributed by atoms with Gasteiger partial charge in [-0.2, -0.15) is 0 Å². The number of aromatic amines is 1. The van der Waals surface area contributed by atoms with Gasteiger partial charge in [-0.1, -0.05) is 20.8 Å². The van der Waals surface area contributed by atoms with E-state index >= 15 is 0 Å². The lowest BCUT2D eigenvalue weighted by molar-refractivity contribution is 0.571. The summed E-state index contributed by atoms with van der Waals surface area (Å²) in [7, 11) is 0. The number of nitrogens with zero attached hydrogens (tertiary/aromatic N) is 1. The Bertz CT molecular complexity index is 661. The molecular formula is C17H24N2O. The highest BCUT2D eigenvalue weighted by atomic mass is 16.1. The van der Waals surface area contributed by atoms with Gasteiger partial charge in [-0.25, -0.2) is 0 Å². The van der Waals surface area contributed by atoms with Gasteiger partial charge < -0.3 is 9.88 Å². The number of pyridine rings is 1. The van der Waals surface area contributed by atoms with Crippen LogP contribution in [0.1, 0.15) is 40.3 Å². The molecule has 0 atom stereocenters. The fraction of sp³-hybridized carbons (Fsp3) is 0.471. The maximum atomic E-state index is 12.4. The predicted molar refractivity (Wildman–Crippen MR) is 86.8 cm³/mol. The summed E-state index contributed by atoms with van der Waals surface area (Å²) in [6.45, 7) is 12.5. The predicted octanol–water partition coefficient (Wildman–Crippen LogP) is 3.67. The molecule has 20 heavy (non-hydrogen) atoms. The van der Waals surface area contributed by atoms with Crippen LogP contribution in [0.5, 0.6) is 0 Å². The third-order valence-corrected chi connectivity index (χ3v) is 3.75. The largest absolute Gasteiger partial charge is 0.372 e. The minimum absolute atomic E-state index is 0.0507. The Morgan fingerprint density at radius 2 is 1.75 bits per heavy atom. The highest BCUT2D eigenvalue weighted by molar-refractivity contribution is 5.82. The van der Waals surface area contributed by atoms with Crippen molar-refractivity contribution in [2.24, 2.45) is 0 Å². The zero-order valence-corrected chi connectivity index (χ0v) is 13.1. The van der Waals surface area contributed by atoms with E-state index in [4.69, 9.17) is 0 Å². The maximum Gasteiger partial charge on any atom is 0.189 e. The van der Waals surface area contributed by atoms with Crippen LogP contribution in [-0.2, 0) is 5.41 Å². The molecule has 0 amide bonds. The van der Waals surface area contributed by atoms with E-state index in [0.717, 1.165) is 35.4 Å². The van der Waals surface area contributed by atoms with E-state index in [1.54, 1.807) is 6.07 Å². The lowest BCUT2D eigenvalue weighted by Gasteiger charge is -2.22. The van der Waals surface area contributed by atoms with Gasteiger partial charge in [0.2, 0.25) is 0 Å². The first kappa shape index (κ1) is 14.6. The van der Waals surface area contributed by atoms with Crippen molar-refractivity contribution in [3.05, 3.63) is 40.2 Å². The Morgan fingerprint density at radius 3 is 2.30 bits per heavy atom. The normalized spacial score (nSPS) is 11.8. The summed E-state index contributed by atoms with van der Waals surface area (Å²) >= 11 is 0. The average molecular weight is 272 g/mol. The molecule has 0 bridgehead atoms. The van der Waals surface area contributed by atoms with Crippen molar-refractivity contribution in [1.82, 2.24) is 4.98 Å². The summed E-state index contributed by atoms with van der Waals surface area (Å²) in [5.41, 5.74) is 3.04. The molecule has 0 fully saturated rings. The molecule has 1 heterocycles. The van der Waals surface area contributed by atoms with Crippen LogP contribution in [0.4, 0.5) is 5.69 Å². The molecule has 0 unspecified atom stereocenters. The van der Waals surface area contributed by atoms with Crippen LogP contribution in [0.3, 0.4) is 0 Å². The molecule has 0 saturated carbocycles. The molecule has 3 heteroatoms. The highest BCUT2D eigenvalue weighted by Crippen LogP contribution is 2.23. The van der Waals surface area contributed by atoms with E-state index in [1.807, 2.05) is 12.1 Å². The third kappa shape index (κ3) is 2.72. The van der Waals surface area contributed by atoms with Gasteiger partial charge in [-0.3, -0.25) is 4.79 Å². The SMILES string of the molecule is CCN(CC)c1ccc2[nH]c(C(C)(C)C)cc(=O)c2c1. The van der Waals surface area contributed by atoms with Crippen molar-refractivity contribution in [2.45, 2.75) is 40.0 Å². The van der Waals surface area contributed by atoms with Gasteiger partial charge in [0.05, 0.1) is 0 Å². The van der Waals surface area contributed by atoms with E-state index in [0.29, 0.717) is 0 Å². The Labute approximate surface area is 120 Å². The number of hydrogen-bond donors (Lipinski definition) is 1. The summed E-state index contributed by atoms with van der Waals surface area (Å²) in [6, 6.07) is 7.82. The zero-order chi connectivity index (χ0) is 14.9. The Hall–Kier alpha value is -1.77. The second-order valence-corrected chi connectivity index (χ2v) is 6.20. The lowest BCUT2D eigenvalue weighted by Crippen LogP contribution is -2.22. The minimum atomic E-state index is -0.0507. The van der Waals surface area contributed by atoms with Crippen LogP contribution in [0.15, 0.2) is 29.1 Å². The van der Waals surface area contributed by atoms with Crippen LogP contribution in [0, 0.1) is 0 Å². The second kappa shape index (κ2) is 5.31. The van der Waals surface area contributed by atoms with Crippen LogP contribution < -0.4 is 10.3 Å². The molecule has 0 aliphatic heterocycles. The molecule has 108 valence electrons. The maximum absolute atomic E-state index is 12.4. The summed E-state index contributed by atoms with van der Waals surface area (Å²) in [4.78, 5) is 18.0. The molecule has 0 aliphatic rings. The number of aromatic nitrogens is 1. The molecule has 0 aliphatic carbocycles. The van der Waals surface area contributed by atoms with Gasteiger partial charge in [-0.15, -0.1) is 0 Å². The number of anilines is 1. The topological polar surface area (TPSA) is 36.1 Å². The van der Waals surface area contributed by atoms with Crippen molar-refractivity contribution >= 4 is 16.6 Å². The van der Waals surface area contributed by atoms with Crippen LogP contribution in [0.25, 0.3) is 10.9 Å². The molecular weight excluding hydrogens is 248 g/mol. The van der Waals surface area contributed by atoms with Crippen LogP contribution in [-0.4, -0.2) is 18.1 Å². The number of benzene rings is 1. The zero-order valence-electron chi connectivity index (χ0n) is 13.1. The van der Waals surface area contributed by atoms with Gasteiger partial charge in [0, 0.05) is 46.9 Å². The van der Waals surface area contributed by atoms with Crippen LogP contribution >= 0.6 is 0 Å². The molecule has 2 rings (SSSR count). The van der Waals surface area contributed by atoms with Gasteiger partial charge >= 0.3 is 0 Å². The van der Waals surface area contributed by atoms with E-state index in [1.165, 1.54) is 0 Å². The summed E-state index contributed by atoms with van der Waals surface area (Å²) in [6.07, 6.45) is 0. The smallest absolute Gasteiger partial charge is 0.189 e. The number of fused-ring (bicyclic) bond motifs is 1. The van der Waals surface area contributed by atoms with E-state index in [-0.39, 0.29) is 10.8 Å². The molecule has 3 nitrogen and oxygen atoms in total. The monoisotopic (exact) mass is 272 g/mol. The third-order valence-electron chi connectivity index (χ3n) is 3.75. The van der Waals surface area contributed by atoms with Crippen molar-refractivity contribution < 1.29 is 0 Å². The van der Waals surface area contributed by atoms with E-state index < -0.39 is 0 Å². The quantitative estimate of drug-likeness (QED) is 0.925. The standard InChI is InChI=1S/C17H24N2O/c1-6-19(7-2)12-8-9-14-13(10-12)15(20)11-16(18-14)17(3,4)5/h8-11H,6-7H2,1-5H3,(H,18,20). The van der Waals surface area contributed by atoms with Crippen molar-refractivity contribution in [3.63, 3.8) is 0 Å². The minimum Gasteiger partial charge on any atom is -0.372 e. The molecule has 1 aromatic heterocycles. The summed E-state index contributed by atoms with van der Waals surface area (Å²) in [5.74, 6) is 0. The summed E-state index contributed by atoms with van der Waals surface area (Å²) in [5, 5.41) is 0.766. The molecule has 0 spiro atoms. The molecule has 0 radical (unpaired) electrons. The molecule has 1 aromatic carbocycles. The average Bonchev–Trinajstić information content (AvgIpc) is 2.39. The number of H-pyrrole nitrogens is 1. The van der Waals surface area contributed by atoms with Crippen molar-refractivity contribution in [3.8, 4) is 0 Å². The summed E-state index contributed by atoms with van der Waals surface area (Å²) < 4.78 is 0. The van der Waals surface area contributed by atoms with E-state index in [2.05, 4.69) is 50.6 Å². The molecule has 1 N–H and O–H groups in total. The van der Waals surface area contributed by atoms with Crippen molar-refractivity contribution in [1.29, 1.82) is 0 Å². The fourth-order valence-electron chi connectivity index (χ4n) is 2.42. The lowest BCUT2D eigenvalue weighted by atomic mass is 9.91. The highest BCUT2D eigenvalue weighted by Gasteiger charge is 2.16. The first-order chi connectivity index (χ1) is 9.36.